The van der Waals surface area contributed by atoms with Crippen molar-refractivity contribution < 1.29 is 13.6 Å². The molecule has 0 spiro atoms. The smallest absolute Gasteiger partial charge is 0.275 e. The van der Waals surface area contributed by atoms with Crippen molar-refractivity contribution in [1.29, 1.82) is 0 Å². The van der Waals surface area contributed by atoms with Gasteiger partial charge in [0.1, 0.15) is 28.0 Å². The van der Waals surface area contributed by atoms with Gasteiger partial charge in [-0.3, -0.25) is 9.48 Å². The highest BCUT2D eigenvalue weighted by Gasteiger charge is 2.22. The van der Waals surface area contributed by atoms with Gasteiger partial charge in [0.2, 0.25) is 0 Å². The van der Waals surface area contributed by atoms with E-state index in [9.17, 15) is 13.6 Å². The zero-order valence-electron chi connectivity index (χ0n) is 15.3. The van der Waals surface area contributed by atoms with Crippen LogP contribution in [-0.4, -0.2) is 33.8 Å². The summed E-state index contributed by atoms with van der Waals surface area (Å²) in [5.74, 6) is -1.00. The van der Waals surface area contributed by atoms with Crippen LogP contribution in [0.5, 0.6) is 0 Å². The molecule has 1 amide bonds. The minimum atomic E-state index is -0.707. The van der Waals surface area contributed by atoms with Crippen LogP contribution in [0.3, 0.4) is 0 Å². The summed E-state index contributed by atoms with van der Waals surface area (Å²) in [4.78, 5) is 19.0. The topological polar surface area (TPSA) is 63.1 Å². The number of amides is 1. The lowest BCUT2D eigenvalue weighted by atomic mass is 10.1. The molecule has 1 aliphatic rings. The second-order valence-corrected chi connectivity index (χ2v) is 7.50. The van der Waals surface area contributed by atoms with E-state index in [0.717, 1.165) is 43.1 Å². The van der Waals surface area contributed by atoms with E-state index in [1.54, 1.807) is 10.9 Å². The number of benzene rings is 1. The van der Waals surface area contributed by atoms with E-state index >= 15 is 0 Å². The van der Waals surface area contributed by atoms with Crippen molar-refractivity contribution in [3.05, 3.63) is 47.1 Å². The highest BCUT2D eigenvalue weighted by Crippen LogP contribution is 2.31. The molecule has 2 aromatic heterocycles. The average Bonchev–Trinajstić information content (AvgIpc) is 3.30. The maximum absolute atomic E-state index is 14.0. The van der Waals surface area contributed by atoms with Crippen molar-refractivity contribution >= 4 is 28.7 Å². The number of hydrogen-bond donors (Lipinski definition) is 1. The van der Waals surface area contributed by atoms with Crippen molar-refractivity contribution in [1.82, 2.24) is 14.8 Å². The van der Waals surface area contributed by atoms with E-state index in [1.165, 1.54) is 30.0 Å². The summed E-state index contributed by atoms with van der Waals surface area (Å²) >= 11 is 1.02. The second-order valence-electron chi connectivity index (χ2n) is 6.64. The zero-order chi connectivity index (χ0) is 19.7. The van der Waals surface area contributed by atoms with Gasteiger partial charge in [0.05, 0.1) is 11.8 Å². The molecular weight excluding hydrogens is 384 g/mol. The van der Waals surface area contributed by atoms with Gasteiger partial charge in [-0.1, -0.05) is 6.07 Å². The summed E-state index contributed by atoms with van der Waals surface area (Å²) in [6, 6.07) is 3.63. The number of carbonyl (C=O) groups excluding carboxylic acids is 1. The van der Waals surface area contributed by atoms with E-state index in [4.69, 9.17) is 0 Å². The predicted molar refractivity (Wildman–Crippen MR) is 105 cm³/mol. The number of piperidine rings is 1. The first-order chi connectivity index (χ1) is 13.5. The fourth-order valence-electron chi connectivity index (χ4n) is 3.38. The lowest BCUT2D eigenvalue weighted by Crippen LogP contribution is -2.32. The van der Waals surface area contributed by atoms with Gasteiger partial charge in [0, 0.05) is 25.5 Å². The predicted octanol–water partition coefficient (Wildman–Crippen LogP) is 4.06. The molecule has 1 N–H and O–H groups in total. The maximum Gasteiger partial charge on any atom is 0.275 e. The van der Waals surface area contributed by atoms with Gasteiger partial charge in [-0.05, 0) is 31.4 Å². The molecule has 0 aliphatic carbocycles. The molecule has 28 heavy (non-hydrogen) atoms. The second kappa shape index (κ2) is 7.67. The Bertz CT molecular complexity index is 989. The first-order valence-electron chi connectivity index (χ1n) is 9.03. The Balaban J connectivity index is 1.57. The van der Waals surface area contributed by atoms with E-state index < -0.39 is 17.5 Å². The van der Waals surface area contributed by atoms with E-state index in [0.29, 0.717) is 5.69 Å². The van der Waals surface area contributed by atoms with Crippen LogP contribution in [0.2, 0.25) is 0 Å². The van der Waals surface area contributed by atoms with Crippen LogP contribution in [-0.2, 0) is 7.05 Å². The summed E-state index contributed by atoms with van der Waals surface area (Å²) in [7, 11) is 1.83. The van der Waals surface area contributed by atoms with Crippen LogP contribution in [0.4, 0.5) is 20.3 Å². The van der Waals surface area contributed by atoms with Crippen LogP contribution < -0.4 is 10.2 Å². The van der Waals surface area contributed by atoms with Gasteiger partial charge in [0.25, 0.3) is 5.91 Å². The SMILES string of the molecule is Cn1ncc(NC(=O)c2csc(-c3c(F)cccc3F)n2)c1N1CCCCC1. The molecule has 4 rings (SSSR count). The van der Waals surface area contributed by atoms with Gasteiger partial charge >= 0.3 is 0 Å². The van der Waals surface area contributed by atoms with Crippen molar-refractivity contribution in [3.8, 4) is 10.6 Å². The third kappa shape index (κ3) is 3.49. The van der Waals surface area contributed by atoms with Crippen molar-refractivity contribution in [2.24, 2.45) is 7.05 Å². The molecule has 6 nitrogen and oxygen atoms in total. The summed E-state index contributed by atoms with van der Waals surface area (Å²) in [5, 5.41) is 8.71. The third-order valence-corrected chi connectivity index (χ3v) is 5.58. The number of nitrogens with one attached hydrogen (secondary N) is 1. The van der Waals surface area contributed by atoms with Gasteiger partial charge < -0.3 is 10.2 Å². The minimum Gasteiger partial charge on any atom is -0.355 e. The van der Waals surface area contributed by atoms with Crippen LogP contribution in [0, 0.1) is 11.6 Å². The number of halogens is 2. The molecule has 3 heterocycles. The Morgan fingerprint density at radius 2 is 1.89 bits per heavy atom. The van der Waals surface area contributed by atoms with Crippen molar-refractivity contribution in [2.45, 2.75) is 19.3 Å². The Kier molecular flexibility index (Phi) is 5.08. The summed E-state index contributed by atoms with van der Waals surface area (Å²) in [6.07, 6.45) is 5.00. The Morgan fingerprint density at radius 1 is 1.18 bits per heavy atom. The molecule has 0 atom stereocenters. The Hall–Kier alpha value is -2.81. The number of aromatic nitrogens is 3. The Morgan fingerprint density at radius 3 is 2.61 bits per heavy atom. The van der Waals surface area contributed by atoms with Gasteiger partial charge in [-0.2, -0.15) is 5.10 Å². The van der Waals surface area contributed by atoms with Crippen LogP contribution >= 0.6 is 11.3 Å². The van der Waals surface area contributed by atoms with Crippen LogP contribution in [0.1, 0.15) is 29.8 Å². The molecule has 0 bridgehead atoms. The first-order valence-corrected chi connectivity index (χ1v) is 9.91. The number of nitrogens with zero attached hydrogens (tertiary/aromatic N) is 4. The summed E-state index contributed by atoms with van der Waals surface area (Å²) in [5.41, 5.74) is 0.485. The molecule has 1 saturated heterocycles. The molecule has 0 saturated carbocycles. The van der Waals surface area contributed by atoms with Crippen molar-refractivity contribution in [2.75, 3.05) is 23.3 Å². The Labute approximate surface area is 164 Å². The van der Waals surface area contributed by atoms with Crippen molar-refractivity contribution in [3.63, 3.8) is 0 Å². The standard InChI is InChI=1S/C19H19F2N5OS/c1-25-19(26-8-3-2-4-9-26)14(10-22-25)23-17(27)15-11-28-18(24-15)16-12(20)6-5-7-13(16)21/h5-7,10-11H,2-4,8-9H2,1H3,(H,23,27). The molecule has 1 aromatic carbocycles. The number of carbonyl (C=O) groups is 1. The number of hydrogen-bond acceptors (Lipinski definition) is 5. The molecule has 3 aromatic rings. The molecule has 0 radical (unpaired) electrons. The highest BCUT2D eigenvalue weighted by molar-refractivity contribution is 7.13. The van der Waals surface area contributed by atoms with Gasteiger partial charge in [0.15, 0.2) is 5.82 Å². The number of aryl methyl sites for hydroxylation is 1. The number of anilines is 2. The third-order valence-electron chi connectivity index (χ3n) is 4.72. The number of rotatable bonds is 4. The first kappa shape index (κ1) is 18.5. The van der Waals surface area contributed by atoms with Crippen LogP contribution in [0.25, 0.3) is 10.6 Å². The molecule has 1 aliphatic heterocycles. The number of thiazole rings is 1. The normalized spacial score (nSPS) is 14.3. The summed E-state index contributed by atoms with van der Waals surface area (Å²) in [6.45, 7) is 1.83. The fraction of sp³-hybridized carbons (Fsp3) is 0.316. The van der Waals surface area contributed by atoms with E-state index in [2.05, 4.69) is 20.3 Å². The lowest BCUT2D eigenvalue weighted by Gasteiger charge is -2.29. The molecule has 146 valence electrons. The highest BCUT2D eigenvalue weighted by atomic mass is 32.1. The molecule has 0 unspecified atom stereocenters. The zero-order valence-corrected chi connectivity index (χ0v) is 16.1. The lowest BCUT2D eigenvalue weighted by molar-refractivity contribution is 0.102. The van der Waals surface area contributed by atoms with E-state index in [-0.39, 0.29) is 16.3 Å². The monoisotopic (exact) mass is 403 g/mol. The average molecular weight is 403 g/mol. The molecule has 1 fully saturated rings. The van der Waals surface area contributed by atoms with Gasteiger partial charge in [-0.25, -0.2) is 13.8 Å². The minimum absolute atomic E-state index is 0.108. The maximum atomic E-state index is 14.0. The summed E-state index contributed by atoms with van der Waals surface area (Å²) < 4.78 is 29.7. The molecule has 9 heteroatoms. The van der Waals surface area contributed by atoms with Gasteiger partial charge in [-0.15, -0.1) is 11.3 Å². The van der Waals surface area contributed by atoms with Crippen LogP contribution in [0.15, 0.2) is 29.8 Å². The largest absolute Gasteiger partial charge is 0.355 e. The van der Waals surface area contributed by atoms with E-state index in [1.807, 2.05) is 7.05 Å². The molecular formula is C19H19F2N5OS. The fourth-order valence-corrected chi connectivity index (χ4v) is 4.23. The quantitative estimate of drug-likeness (QED) is 0.714.